The second-order valence-corrected chi connectivity index (χ2v) is 7.75. The molecule has 1 aliphatic heterocycles. The Labute approximate surface area is 176 Å². The lowest BCUT2D eigenvalue weighted by molar-refractivity contribution is -0.144. The average Bonchev–Trinajstić information content (AvgIpc) is 3.03. The summed E-state index contributed by atoms with van der Waals surface area (Å²) in [6.07, 6.45) is 0.186. The molecule has 4 heteroatoms. The average molecular weight is 397 g/mol. The van der Waals surface area contributed by atoms with Gasteiger partial charge in [0.2, 0.25) is 11.8 Å². The molecule has 150 valence electrons. The van der Waals surface area contributed by atoms with E-state index in [4.69, 9.17) is 0 Å². The highest BCUT2D eigenvalue weighted by Crippen LogP contribution is 2.45. The number of ketones is 1. The maximum Gasteiger partial charge on any atom is 0.233 e. The quantitative estimate of drug-likeness (QED) is 0.360. The zero-order chi connectivity index (χ0) is 21.3. The van der Waals surface area contributed by atoms with Crippen molar-refractivity contribution in [3.05, 3.63) is 107 Å². The largest absolute Gasteiger partial charge is 0.295 e. The SMILES string of the molecule is CC(=O)c1ccc(C(c2ccccc2)(c2ccccc2)N2C(=O)CC(C)C2=O)cc1. The Morgan fingerprint density at radius 3 is 1.67 bits per heavy atom. The number of carbonyl (C=O) groups is 3. The summed E-state index contributed by atoms with van der Waals surface area (Å²) in [6.45, 7) is 3.31. The fourth-order valence-corrected chi connectivity index (χ4v) is 4.33. The van der Waals surface area contributed by atoms with Gasteiger partial charge in [0.15, 0.2) is 5.78 Å². The minimum Gasteiger partial charge on any atom is -0.295 e. The molecule has 1 heterocycles. The maximum absolute atomic E-state index is 13.3. The van der Waals surface area contributed by atoms with Gasteiger partial charge in [0.25, 0.3) is 0 Å². The molecular weight excluding hydrogens is 374 g/mol. The van der Waals surface area contributed by atoms with Crippen LogP contribution in [-0.2, 0) is 15.1 Å². The third-order valence-corrected chi connectivity index (χ3v) is 5.80. The van der Waals surface area contributed by atoms with Crippen LogP contribution < -0.4 is 0 Å². The van der Waals surface area contributed by atoms with E-state index in [1.807, 2.05) is 72.8 Å². The molecule has 1 unspecified atom stereocenters. The van der Waals surface area contributed by atoms with Gasteiger partial charge >= 0.3 is 0 Å². The van der Waals surface area contributed by atoms with Gasteiger partial charge in [-0.3, -0.25) is 19.3 Å². The van der Waals surface area contributed by atoms with Crippen LogP contribution in [0.5, 0.6) is 0 Å². The summed E-state index contributed by atoms with van der Waals surface area (Å²) < 4.78 is 0. The van der Waals surface area contributed by atoms with E-state index < -0.39 is 5.54 Å². The number of rotatable bonds is 5. The van der Waals surface area contributed by atoms with Gasteiger partial charge < -0.3 is 0 Å². The van der Waals surface area contributed by atoms with Gasteiger partial charge in [-0.15, -0.1) is 0 Å². The van der Waals surface area contributed by atoms with Crippen molar-refractivity contribution >= 4 is 17.6 Å². The molecule has 0 aliphatic carbocycles. The van der Waals surface area contributed by atoms with Crippen LogP contribution in [0.4, 0.5) is 0 Å². The normalized spacial score (nSPS) is 16.7. The van der Waals surface area contributed by atoms with E-state index in [0.717, 1.165) is 16.7 Å². The third-order valence-electron chi connectivity index (χ3n) is 5.80. The van der Waals surface area contributed by atoms with Gasteiger partial charge in [-0.05, 0) is 23.6 Å². The second-order valence-electron chi connectivity index (χ2n) is 7.75. The maximum atomic E-state index is 13.3. The molecule has 4 rings (SSSR count). The molecule has 1 aliphatic rings. The van der Waals surface area contributed by atoms with Crippen molar-refractivity contribution in [2.24, 2.45) is 5.92 Å². The lowest BCUT2D eigenvalue weighted by Gasteiger charge is -2.42. The fourth-order valence-electron chi connectivity index (χ4n) is 4.33. The van der Waals surface area contributed by atoms with Crippen LogP contribution in [0.1, 0.15) is 47.3 Å². The first kappa shape index (κ1) is 19.8. The van der Waals surface area contributed by atoms with Crippen LogP contribution in [0.3, 0.4) is 0 Å². The molecule has 1 fully saturated rings. The molecule has 1 saturated heterocycles. The molecule has 0 radical (unpaired) electrons. The predicted octanol–water partition coefficient (Wildman–Crippen LogP) is 4.58. The van der Waals surface area contributed by atoms with Gasteiger partial charge in [-0.2, -0.15) is 0 Å². The molecular formula is C26H23NO3. The number of amides is 2. The van der Waals surface area contributed by atoms with Crippen LogP contribution in [0, 0.1) is 5.92 Å². The highest BCUT2D eigenvalue weighted by Gasteiger charge is 2.52. The zero-order valence-corrected chi connectivity index (χ0v) is 17.0. The Morgan fingerprint density at radius 1 is 0.800 bits per heavy atom. The Morgan fingerprint density at radius 2 is 1.27 bits per heavy atom. The number of likely N-dealkylation sites (tertiary alicyclic amines) is 1. The first-order valence-corrected chi connectivity index (χ1v) is 10.1. The van der Waals surface area contributed by atoms with Gasteiger partial charge in [-0.1, -0.05) is 91.9 Å². The Kier molecular flexibility index (Phi) is 5.08. The number of hydrogen-bond acceptors (Lipinski definition) is 3. The monoisotopic (exact) mass is 397 g/mol. The summed E-state index contributed by atoms with van der Waals surface area (Å²) in [5.74, 6) is -0.798. The number of Topliss-reactive ketones (excluding diaryl/α,β-unsaturated/α-hetero) is 1. The van der Waals surface area contributed by atoms with Crippen LogP contribution in [0.2, 0.25) is 0 Å². The molecule has 30 heavy (non-hydrogen) atoms. The molecule has 0 N–H and O–H groups in total. The Hall–Kier alpha value is -3.53. The smallest absolute Gasteiger partial charge is 0.233 e. The minimum atomic E-state index is -1.11. The van der Waals surface area contributed by atoms with Crippen LogP contribution in [0.25, 0.3) is 0 Å². The zero-order valence-electron chi connectivity index (χ0n) is 17.0. The first-order valence-electron chi connectivity index (χ1n) is 10.1. The number of benzene rings is 3. The van der Waals surface area contributed by atoms with Crippen molar-refractivity contribution < 1.29 is 14.4 Å². The van der Waals surface area contributed by atoms with Crippen LogP contribution >= 0.6 is 0 Å². The first-order chi connectivity index (χ1) is 14.5. The minimum absolute atomic E-state index is 0.0338. The number of imide groups is 1. The van der Waals surface area contributed by atoms with E-state index in [1.54, 1.807) is 19.1 Å². The van der Waals surface area contributed by atoms with Crippen molar-refractivity contribution in [2.75, 3.05) is 0 Å². The number of nitrogens with zero attached hydrogens (tertiary/aromatic N) is 1. The Balaban J connectivity index is 2.08. The van der Waals surface area contributed by atoms with E-state index in [1.165, 1.54) is 11.8 Å². The molecule has 0 saturated carbocycles. The summed E-state index contributed by atoms with van der Waals surface area (Å²) in [5, 5.41) is 0. The molecule has 0 aromatic heterocycles. The lowest BCUT2D eigenvalue weighted by Crippen LogP contribution is -2.51. The van der Waals surface area contributed by atoms with Gasteiger partial charge in [0, 0.05) is 17.9 Å². The number of hydrogen-bond donors (Lipinski definition) is 0. The van der Waals surface area contributed by atoms with Crippen molar-refractivity contribution in [3.63, 3.8) is 0 Å². The predicted molar refractivity (Wildman–Crippen MR) is 115 cm³/mol. The van der Waals surface area contributed by atoms with Crippen LogP contribution in [-0.4, -0.2) is 22.5 Å². The molecule has 1 atom stereocenters. The highest BCUT2D eigenvalue weighted by molar-refractivity contribution is 6.05. The van der Waals surface area contributed by atoms with E-state index in [0.29, 0.717) is 5.56 Å². The van der Waals surface area contributed by atoms with E-state index in [2.05, 4.69) is 0 Å². The van der Waals surface area contributed by atoms with Gasteiger partial charge in [0.05, 0.1) is 0 Å². The van der Waals surface area contributed by atoms with E-state index >= 15 is 0 Å². The van der Waals surface area contributed by atoms with Gasteiger partial charge in [0.1, 0.15) is 5.54 Å². The van der Waals surface area contributed by atoms with Crippen LogP contribution in [0.15, 0.2) is 84.9 Å². The molecule has 4 nitrogen and oxygen atoms in total. The summed E-state index contributed by atoms with van der Waals surface area (Å²) in [4.78, 5) is 39.7. The van der Waals surface area contributed by atoms with E-state index in [-0.39, 0.29) is 29.9 Å². The van der Waals surface area contributed by atoms with Crippen molar-refractivity contribution in [2.45, 2.75) is 25.8 Å². The lowest BCUT2D eigenvalue weighted by atomic mass is 9.75. The van der Waals surface area contributed by atoms with Crippen molar-refractivity contribution in [1.29, 1.82) is 0 Å². The summed E-state index contributed by atoms with van der Waals surface area (Å²) in [5.41, 5.74) is 1.88. The molecule has 3 aromatic rings. The number of carbonyl (C=O) groups excluding carboxylic acids is 3. The summed E-state index contributed by atoms with van der Waals surface area (Å²) in [7, 11) is 0. The van der Waals surface area contributed by atoms with Crippen molar-refractivity contribution in [1.82, 2.24) is 4.90 Å². The second kappa shape index (κ2) is 7.71. The topological polar surface area (TPSA) is 54.5 Å². The fraction of sp³-hybridized carbons (Fsp3) is 0.192. The standard InChI is InChI=1S/C26H23NO3/c1-18-17-24(29)27(25(18)30)26(21-9-5-3-6-10-21,22-11-7-4-8-12-22)23-15-13-20(14-16-23)19(2)28/h3-16,18H,17H2,1-2H3. The van der Waals surface area contributed by atoms with Crippen molar-refractivity contribution in [3.8, 4) is 0 Å². The summed E-state index contributed by atoms with van der Waals surface area (Å²) in [6, 6.07) is 26.4. The third kappa shape index (κ3) is 3.05. The molecule has 2 amide bonds. The van der Waals surface area contributed by atoms with E-state index in [9.17, 15) is 14.4 Å². The molecule has 0 bridgehead atoms. The Bertz CT molecular complexity index is 1050. The van der Waals surface area contributed by atoms with Gasteiger partial charge in [-0.25, -0.2) is 0 Å². The molecule has 0 spiro atoms. The summed E-state index contributed by atoms with van der Waals surface area (Å²) >= 11 is 0. The highest BCUT2D eigenvalue weighted by atomic mass is 16.2. The molecule has 3 aromatic carbocycles.